The second-order valence-electron chi connectivity index (χ2n) is 4.77. The Morgan fingerprint density at radius 1 is 1.29 bits per heavy atom. The lowest BCUT2D eigenvalue weighted by Crippen LogP contribution is -1.96. The van der Waals surface area contributed by atoms with E-state index in [1.807, 2.05) is 6.92 Å². The van der Waals surface area contributed by atoms with E-state index in [4.69, 9.17) is 4.74 Å². The number of carbonyl (C=O) groups is 1. The number of rotatable bonds is 5. The molecule has 3 rings (SSSR count). The number of ether oxygens (including phenoxy) is 1. The van der Waals surface area contributed by atoms with Crippen molar-refractivity contribution >= 4 is 23.1 Å². The van der Waals surface area contributed by atoms with Crippen LogP contribution in [0.1, 0.15) is 17.4 Å². The Hall–Kier alpha value is -3.29. The Kier molecular flexibility index (Phi) is 4.19. The summed E-state index contributed by atoms with van der Waals surface area (Å²) < 4.78 is 20.1. The van der Waals surface area contributed by atoms with Gasteiger partial charge < -0.3 is 9.84 Å². The monoisotopic (exact) mass is 328 g/mol. The van der Waals surface area contributed by atoms with Gasteiger partial charge >= 0.3 is 5.97 Å². The van der Waals surface area contributed by atoms with E-state index in [0.717, 1.165) is 6.20 Å². The first-order valence-corrected chi connectivity index (χ1v) is 7.14. The molecule has 0 aliphatic heterocycles. The van der Waals surface area contributed by atoms with E-state index in [2.05, 4.69) is 15.2 Å². The molecular weight excluding hydrogens is 315 g/mol. The molecule has 0 bridgehead atoms. The molecule has 1 N–H and O–H groups in total. The number of pyridine rings is 1. The van der Waals surface area contributed by atoms with Gasteiger partial charge in [-0.15, -0.1) is 10.2 Å². The van der Waals surface area contributed by atoms with Gasteiger partial charge in [0.1, 0.15) is 22.9 Å². The van der Waals surface area contributed by atoms with Gasteiger partial charge in [-0.2, -0.15) is 0 Å². The number of aromatic nitrogens is 2. The van der Waals surface area contributed by atoms with Crippen LogP contribution in [0.2, 0.25) is 0 Å². The van der Waals surface area contributed by atoms with Gasteiger partial charge in [0, 0.05) is 6.20 Å². The van der Waals surface area contributed by atoms with Crippen molar-refractivity contribution in [1.29, 1.82) is 0 Å². The van der Waals surface area contributed by atoms with Gasteiger partial charge in [-0.3, -0.25) is 4.40 Å². The number of aromatic carboxylic acids is 1. The van der Waals surface area contributed by atoms with E-state index in [1.165, 1.54) is 16.5 Å². The molecule has 0 amide bonds. The fourth-order valence-electron chi connectivity index (χ4n) is 2.16. The van der Waals surface area contributed by atoms with E-state index in [9.17, 15) is 14.3 Å². The molecule has 7 nitrogen and oxygen atoms in total. The highest BCUT2D eigenvalue weighted by molar-refractivity contribution is 5.91. The number of azo groups is 1. The minimum atomic E-state index is -1.27. The van der Waals surface area contributed by atoms with E-state index in [-0.39, 0.29) is 17.2 Å². The van der Waals surface area contributed by atoms with E-state index in [0.29, 0.717) is 18.0 Å². The molecule has 0 radical (unpaired) electrons. The van der Waals surface area contributed by atoms with E-state index >= 15 is 0 Å². The van der Waals surface area contributed by atoms with Crippen molar-refractivity contribution in [3.05, 3.63) is 54.1 Å². The molecule has 8 heteroatoms. The van der Waals surface area contributed by atoms with Crippen LogP contribution in [0.5, 0.6) is 5.75 Å². The first-order valence-electron chi connectivity index (χ1n) is 7.14. The molecule has 0 aliphatic carbocycles. The standard InChI is InChI=1S/C16H13FN4O3/c1-2-24-12-6-4-3-5-11(12)19-20-15-14(16(22)23)18-13-8-7-10(17)9-21(13)15/h3-9H,2H2,1H3,(H,22,23). The normalized spacial score (nSPS) is 11.2. The van der Waals surface area contributed by atoms with Crippen LogP contribution in [0.4, 0.5) is 15.9 Å². The average molecular weight is 328 g/mol. The second-order valence-corrected chi connectivity index (χ2v) is 4.77. The number of halogens is 1. The van der Waals surface area contributed by atoms with Crippen molar-refractivity contribution in [2.75, 3.05) is 6.61 Å². The summed E-state index contributed by atoms with van der Waals surface area (Å²) in [5, 5.41) is 17.3. The third kappa shape index (κ3) is 2.94. The van der Waals surface area contributed by atoms with Crippen LogP contribution in [0.25, 0.3) is 5.65 Å². The second kappa shape index (κ2) is 6.45. The summed E-state index contributed by atoms with van der Waals surface area (Å²) in [4.78, 5) is 15.3. The lowest BCUT2D eigenvalue weighted by molar-refractivity contribution is 0.0692. The molecule has 3 aromatic rings. The maximum Gasteiger partial charge on any atom is 0.358 e. The van der Waals surface area contributed by atoms with E-state index < -0.39 is 11.8 Å². The average Bonchev–Trinajstić information content (AvgIpc) is 2.92. The van der Waals surface area contributed by atoms with Crippen LogP contribution in [0, 0.1) is 5.82 Å². The zero-order chi connectivity index (χ0) is 17.1. The Morgan fingerprint density at radius 3 is 2.83 bits per heavy atom. The zero-order valence-electron chi connectivity index (χ0n) is 12.7. The van der Waals surface area contributed by atoms with Crippen molar-refractivity contribution in [2.45, 2.75) is 6.92 Å². The molecule has 2 aromatic heterocycles. The summed E-state index contributed by atoms with van der Waals surface area (Å²) in [6, 6.07) is 9.51. The Balaban J connectivity index is 2.11. The van der Waals surface area contributed by atoms with Crippen LogP contribution in [-0.2, 0) is 0 Å². The maximum absolute atomic E-state index is 13.5. The van der Waals surface area contributed by atoms with Crippen LogP contribution in [0.15, 0.2) is 52.8 Å². The summed E-state index contributed by atoms with van der Waals surface area (Å²) in [6.45, 7) is 2.29. The van der Waals surface area contributed by atoms with Crippen LogP contribution in [-0.4, -0.2) is 27.1 Å². The molecule has 24 heavy (non-hydrogen) atoms. The van der Waals surface area contributed by atoms with E-state index in [1.54, 1.807) is 24.3 Å². The Bertz CT molecular complexity index is 936. The maximum atomic E-state index is 13.5. The predicted octanol–water partition coefficient (Wildman–Crippen LogP) is 3.99. The SMILES string of the molecule is CCOc1ccccc1N=Nc1c(C(=O)O)nc2ccc(F)cn12. The minimum absolute atomic E-state index is 0.0664. The van der Waals surface area contributed by atoms with Gasteiger partial charge in [0.15, 0.2) is 11.5 Å². The van der Waals surface area contributed by atoms with Crippen molar-refractivity contribution in [3.8, 4) is 5.75 Å². The first-order chi connectivity index (χ1) is 11.6. The number of para-hydroxylation sites is 1. The highest BCUT2D eigenvalue weighted by Crippen LogP contribution is 2.30. The first kappa shape index (κ1) is 15.6. The highest BCUT2D eigenvalue weighted by Gasteiger charge is 2.18. The third-order valence-electron chi connectivity index (χ3n) is 3.18. The molecular formula is C16H13FN4O3. The number of carboxylic acids is 1. The number of hydrogen-bond donors (Lipinski definition) is 1. The number of imidazole rings is 1. The lowest BCUT2D eigenvalue weighted by atomic mass is 10.3. The molecule has 0 aliphatic rings. The van der Waals surface area contributed by atoms with Gasteiger partial charge in [0.2, 0.25) is 0 Å². The minimum Gasteiger partial charge on any atom is -0.492 e. The summed E-state index contributed by atoms with van der Waals surface area (Å²) in [6.07, 6.45) is 1.11. The summed E-state index contributed by atoms with van der Waals surface area (Å²) in [7, 11) is 0. The largest absolute Gasteiger partial charge is 0.492 e. The molecule has 0 atom stereocenters. The van der Waals surface area contributed by atoms with Gasteiger partial charge in [0.05, 0.1) is 6.61 Å². The van der Waals surface area contributed by atoms with Gasteiger partial charge in [-0.05, 0) is 31.2 Å². The van der Waals surface area contributed by atoms with Crippen LogP contribution < -0.4 is 4.74 Å². The predicted molar refractivity (Wildman–Crippen MR) is 83.9 cm³/mol. The van der Waals surface area contributed by atoms with Crippen LogP contribution >= 0.6 is 0 Å². The van der Waals surface area contributed by atoms with Crippen molar-refractivity contribution in [1.82, 2.24) is 9.38 Å². The zero-order valence-corrected chi connectivity index (χ0v) is 12.7. The number of nitrogens with zero attached hydrogens (tertiary/aromatic N) is 4. The topological polar surface area (TPSA) is 88.5 Å². The van der Waals surface area contributed by atoms with Crippen LogP contribution in [0.3, 0.4) is 0 Å². The molecule has 0 fully saturated rings. The van der Waals surface area contributed by atoms with Crippen molar-refractivity contribution in [2.24, 2.45) is 10.2 Å². The number of hydrogen-bond acceptors (Lipinski definition) is 5. The molecule has 122 valence electrons. The third-order valence-corrected chi connectivity index (χ3v) is 3.18. The summed E-state index contributed by atoms with van der Waals surface area (Å²) in [5.41, 5.74) is 0.390. The summed E-state index contributed by atoms with van der Waals surface area (Å²) >= 11 is 0. The van der Waals surface area contributed by atoms with Crippen molar-refractivity contribution in [3.63, 3.8) is 0 Å². The van der Waals surface area contributed by atoms with Gasteiger partial charge in [0.25, 0.3) is 0 Å². The number of fused-ring (bicyclic) bond motifs is 1. The Morgan fingerprint density at radius 2 is 2.08 bits per heavy atom. The quantitative estimate of drug-likeness (QED) is 0.717. The number of carboxylic acid groups (broad SMARTS) is 1. The lowest BCUT2D eigenvalue weighted by Gasteiger charge is -2.04. The smallest absolute Gasteiger partial charge is 0.358 e. The molecule has 0 saturated carbocycles. The summed E-state index contributed by atoms with van der Waals surface area (Å²) in [5.74, 6) is -1.36. The highest BCUT2D eigenvalue weighted by atomic mass is 19.1. The Labute approximate surface area is 136 Å². The fourth-order valence-corrected chi connectivity index (χ4v) is 2.16. The molecule has 0 saturated heterocycles. The van der Waals surface area contributed by atoms with Gasteiger partial charge in [-0.25, -0.2) is 14.2 Å². The fraction of sp³-hybridized carbons (Fsp3) is 0.125. The number of benzene rings is 1. The molecule has 0 unspecified atom stereocenters. The molecule has 0 spiro atoms. The van der Waals surface area contributed by atoms with Crippen molar-refractivity contribution < 1.29 is 19.0 Å². The van der Waals surface area contributed by atoms with Gasteiger partial charge in [-0.1, -0.05) is 12.1 Å². The molecule has 2 heterocycles. The molecule has 1 aromatic carbocycles.